The van der Waals surface area contributed by atoms with Crippen LogP contribution in [-0.2, 0) is 0 Å². The van der Waals surface area contributed by atoms with Crippen LogP contribution in [0.5, 0.6) is 0 Å². The molecule has 0 radical (unpaired) electrons. The number of thioether (sulfide) groups is 1. The van der Waals surface area contributed by atoms with Gasteiger partial charge in [0.05, 0.1) is 0 Å². The van der Waals surface area contributed by atoms with E-state index in [1.54, 1.807) is 18.9 Å². The molecule has 4 nitrogen and oxygen atoms in total. The van der Waals surface area contributed by atoms with Crippen LogP contribution in [0.15, 0.2) is 21.3 Å². The molecule has 1 fully saturated rings. The van der Waals surface area contributed by atoms with E-state index in [4.69, 9.17) is 4.42 Å². The Kier molecular flexibility index (Phi) is 4.11. The van der Waals surface area contributed by atoms with Gasteiger partial charge in [0.15, 0.2) is 11.2 Å². The Morgan fingerprint density at radius 1 is 1.39 bits per heavy atom. The van der Waals surface area contributed by atoms with Gasteiger partial charge >= 0.3 is 0 Å². The number of rotatable bonds is 2. The molecule has 1 aliphatic rings. The standard InChI is InChI=1S/C13H17NO3S/c1-9-7-11(15)8-12(17-9)13(16)14(2)10-3-5-18-6-4-10/h7-8,10H,3-6H2,1-2H3. The van der Waals surface area contributed by atoms with Crippen LogP contribution >= 0.6 is 11.8 Å². The number of carbonyl (C=O) groups is 1. The molecule has 2 heterocycles. The lowest BCUT2D eigenvalue weighted by atomic mass is 10.1. The number of amides is 1. The van der Waals surface area contributed by atoms with Crippen LogP contribution < -0.4 is 5.43 Å². The van der Waals surface area contributed by atoms with Crippen molar-refractivity contribution in [3.05, 3.63) is 33.9 Å². The van der Waals surface area contributed by atoms with E-state index in [0.29, 0.717) is 5.76 Å². The number of carbonyl (C=O) groups excluding carboxylic acids is 1. The molecule has 0 aromatic carbocycles. The number of hydrogen-bond donors (Lipinski definition) is 0. The van der Waals surface area contributed by atoms with Gasteiger partial charge in [-0.1, -0.05) is 0 Å². The smallest absolute Gasteiger partial charge is 0.289 e. The molecule has 0 atom stereocenters. The maximum absolute atomic E-state index is 12.2. The second kappa shape index (κ2) is 5.61. The van der Waals surface area contributed by atoms with Gasteiger partial charge in [-0.05, 0) is 31.3 Å². The molecular formula is C13H17NO3S. The van der Waals surface area contributed by atoms with Crippen LogP contribution in [0.25, 0.3) is 0 Å². The lowest BCUT2D eigenvalue weighted by Crippen LogP contribution is -2.39. The predicted molar refractivity (Wildman–Crippen MR) is 72.2 cm³/mol. The maximum atomic E-state index is 12.2. The normalized spacial score (nSPS) is 16.6. The molecule has 98 valence electrons. The van der Waals surface area contributed by atoms with Gasteiger partial charge in [-0.15, -0.1) is 0 Å². The van der Waals surface area contributed by atoms with Gasteiger partial charge in [0.25, 0.3) is 5.91 Å². The predicted octanol–water partition coefficient (Wildman–Crippen LogP) is 1.92. The topological polar surface area (TPSA) is 50.5 Å². The van der Waals surface area contributed by atoms with Gasteiger partial charge in [-0.25, -0.2) is 0 Å². The highest BCUT2D eigenvalue weighted by Gasteiger charge is 2.24. The Bertz CT molecular complexity index is 491. The molecule has 5 heteroatoms. The summed E-state index contributed by atoms with van der Waals surface area (Å²) >= 11 is 1.92. The first-order valence-corrected chi connectivity index (χ1v) is 7.20. The van der Waals surface area contributed by atoms with Gasteiger partial charge in [-0.3, -0.25) is 9.59 Å². The molecule has 18 heavy (non-hydrogen) atoms. The second-order valence-corrected chi connectivity index (χ2v) is 5.75. The molecule has 0 saturated carbocycles. The number of aryl methyl sites for hydroxylation is 1. The lowest BCUT2D eigenvalue weighted by molar-refractivity contribution is 0.0686. The Morgan fingerprint density at radius 3 is 2.67 bits per heavy atom. The van der Waals surface area contributed by atoms with Crippen LogP contribution in [0, 0.1) is 6.92 Å². The monoisotopic (exact) mass is 267 g/mol. The summed E-state index contributed by atoms with van der Waals surface area (Å²) in [5, 5.41) is 0. The third-order valence-corrected chi connectivity index (χ3v) is 4.21. The minimum Gasteiger partial charge on any atom is -0.456 e. The number of nitrogens with zero attached hydrogens (tertiary/aromatic N) is 1. The maximum Gasteiger partial charge on any atom is 0.289 e. The Labute approximate surface area is 110 Å². The molecular weight excluding hydrogens is 250 g/mol. The van der Waals surface area contributed by atoms with Crippen LogP contribution in [0.3, 0.4) is 0 Å². The fourth-order valence-corrected chi connectivity index (χ4v) is 3.20. The summed E-state index contributed by atoms with van der Waals surface area (Å²) in [5.41, 5.74) is -0.185. The van der Waals surface area contributed by atoms with Crippen molar-refractivity contribution in [3.63, 3.8) is 0 Å². The minimum absolute atomic E-state index is 0.140. The van der Waals surface area contributed by atoms with Crippen molar-refractivity contribution in [2.45, 2.75) is 25.8 Å². The van der Waals surface area contributed by atoms with Gasteiger partial charge in [0.1, 0.15) is 5.76 Å². The van der Waals surface area contributed by atoms with Crippen molar-refractivity contribution in [3.8, 4) is 0 Å². The van der Waals surface area contributed by atoms with Crippen LogP contribution in [0.4, 0.5) is 0 Å². The molecule has 0 spiro atoms. The van der Waals surface area contributed by atoms with Crippen molar-refractivity contribution in [1.29, 1.82) is 0 Å². The molecule has 1 aliphatic heterocycles. The number of hydrogen-bond acceptors (Lipinski definition) is 4. The molecule has 0 unspecified atom stereocenters. The van der Waals surface area contributed by atoms with E-state index in [0.717, 1.165) is 24.3 Å². The summed E-state index contributed by atoms with van der Waals surface area (Å²) in [4.78, 5) is 25.3. The summed E-state index contributed by atoms with van der Waals surface area (Å²) in [6, 6.07) is 2.90. The van der Waals surface area contributed by atoms with Gasteiger partial charge in [-0.2, -0.15) is 11.8 Å². The van der Waals surface area contributed by atoms with E-state index in [1.807, 2.05) is 11.8 Å². The largest absolute Gasteiger partial charge is 0.456 e. The minimum atomic E-state index is -0.201. The molecule has 1 saturated heterocycles. The summed E-state index contributed by atoms with van der Waals surface area (Å²) in [6.07, 6.45) is 2.01. The first-order valence-electron chi connectivity index (χ1n) is 6.04. The zero-order valence-corrected chi connectivity index (χ0v) is 11.5. The summed E-state index contributed by atoms with van der Waals surface area (Å²) in [5.74, 6) is 2.58. The molecule has 1 aromatic rings. The van der Waals surface area contributed by atoms with Crippen LogP contribution in [-0.4, -0.2) is 35.4 Å². The first kappa shape index (κ1) is 13.2. The van der Waals surface area contributed by atoms with E-state index in [1.165, 1.54) is 12.1 Å². The van der Waals surface area contributed by atoms with Crippen molar-refractivity contribution >= 4 is 17.7 Å². The molecule has 1 aromatic heterocycles. The zero-order valence-electron chi connectivity index (χ0n) is 10.6. The lowest BCUT2D eigenvalue weighted by Gasteiger charge is -2.30. The van der Waals surface area contributed by atoms with Gasteiger partial charge in [0.2, 0.25) is 0 Å². The van der Waals surface area contributed by atoms with Crippen molar-refractivity contribution in [2.75, 3.05) is 18.6 Å². The molecule has 2 rings (SSSR count). The Hall–Kier alpha value is -1.23. The first-order chi connectivity index (χ1) is 8.58. The highest BCUT2D eigenvalue weighted by atomic mass is 32.2. The summed E-state index contributed by atoms with van der Waals surface area (Å²) in [6.45, 7) is 1.68. The van der Waals surface area contributed by atoms with E-state index < -0.39 is 0 Å². The Balaban J connectivity index is 2.16. The summed E-state index contributed by atoms with van der Waals surface area (Å²) in [7, 11) is 1.78. The van der Waals surface area contributed by atoms with Crippen molar-refractivity contribution in [1.82, 2.24) is 4.90 Å². The third-order valence-electron chi connectivity index (χ3n) is 3.16. The van der Waals surface area contributed by atoms with E-state index in [9.17, 15) is 9.59 Å². The fraction of sp³-hybridized carbons (Fsp3) is 0.538. The Morgan fingerprint density at radius 2 is 2.06 bits per heavy atom. The highest BCUT2D eigenvalue weighted by Crippen LogP contribution is 2.22. The second-order valence-electron chi connectivity index (χ2n) is 4.53. The van der Waals surface area contributed by atoms with E-state index >= 15 is 0 Å². The van der Waals surface area contributed by atoms with Crippen LogP contribution in [0.2, 0.25) is 0 Å². The summed E-state index contributed by atoms with van der Waals surface area (Å²) < 4.78 is 5.34. The molecule has 1 amide bonds. The average Bonchev–Trinajstić information content (AvgIpc) is 2.37. The quantitative estimate of drug-likeness (QED) is 0.821. The van der Waals surface area contributed by atoms with Crippen molar-refractivity contribution < 1.29 is 9.21 Å². The SMILES string of the molecule is Cc1cc(=O)cc(C(=O)N(C)C2CCSCC2)o1. The highest BCUT2D eigenvalue weighted by molar-refractivity contribution is 7.99. The molecule has 0 aliphatic carbocycles. The molecule has 0 bridgehead atoms. The van der Waals surface area contributed by atoms with E-state index in [-0.39, 0.29) is 23.1 Å². The van der Waals surface area contributed by atoms with E-state index in [2.05, 4.69) is 0 Å². The van der Waals surface area contributed by atoms with Crippen molar-refractivity contribution in [2.24, 2.45) is 0 Å². The fourth-order valence-electron chi connectivity index (χ4n) is 2.12. The van der Waals surface area contributed by atoms with Gasteiger partial charge < -0.3 is 9.32 Å². The average molecular weight is 267 g/mol. The molecule has 0 N–H and O–H groups in total. The van der Waals surface area contributed by atoms with Gasteiger partial charge in [0, 0.05) is 25.2 Å². The zero-order chi connectivity index (χ0) is 13.1. The third kappa shape index (κ3) is 2.96. The van der Waals surface area contributed by atoms with Crippen LogP contribution in [0.1, 0.15) is 29.2 Å².